The first-order chi connectivity index (χ1) is 7.27. The molecule has 0 aliphatic heterocycles. The van der Waals surface area contributed by atoms with Crippen LogP contribution in [0.5, 0.6) is 0 Å². The molecule has 0 saturated heterocycles. The Balaban J connectivity index is 2.27. The molecule has 0 heterocycles. The van der Waals surface area contributed by atoms with Crippen LogP contribution in [0.4, 0.5) is 0 Å². The first-order valence-corrected chi connectivity index (χ1v) is 6.12. The fourth-order valence-electron chi connectivity index (χ4n) is 2.27. The van der Waals surface area contributed by atoms with Crippen molar-refractivity contribution >= 4 is 0 Å². The van der Waals surface area contributed by atoms with Gasteiger partial charge in [-0.3, -0.25) is 0 Å². The van der Waals surface area contributed by atoms with Gasteiger partial charge in [-0.2, -0.15) is 0 Å². The van der Waals surface area contributed by atoms with E-state index in [4.69, 9.17) is 15.2 Å². The van der Waals surface area contributed by atoms with Gasteiger partial charge >= 0.3 is 0 Å². The minimum Gasteiger partial charge on any atom is -0.385 e. The molecule has 90 valence electrons. The molecule has 0 amide bonds. The Morgan fingerprint density at radius 1 is 1.33 bits per heavy atom. The molecule has 1 fully saturated rings. The molecule has 1 aliphatic carbocycles. The van der Waals surface area contributed by atoms with Crippen molar-refractivity contribution in [3.05, 3.63) is 0 Å². The van der Waals surface area contributed by atoms with Crippen molar-refractivity contribution in [1.29, 1.82) is 0 Å². The van der Waals surface area contributed by atoms with Gasteiger partial charge in [0.25, 0.3) is 0 Å². The summed E-state index contributed by atoms with van der Waals surface area (Å²) in [6.07, 6.45) is 6.67. The predicted octanol–water partition coefficient (Wildman–Crippen LogP) is 1.95. The van der Waals surface area contributed by atoms with Gasteiger partial charge in [0.05, 0.1) is 12.2 Å². The zero-order chi connectivity index (χ0) is 11.1. The topological polar surface area (TPSA) is 44.5 Å². The van der Waals surface area contributed by atoms with E-state index in [0.29, 0.717) is 18.1 Å². The molecule has 2 N–H and O–H groups in total. The quantitative estimate of drug-likeness (QED) is 0.736. The number of rotatable bonds is 6. The van der Waals surface area contributed by atoms with Gasteiger partial charge < -0.3 is 15.2 Å². The van der Waals surface area contributed by atoms with Crippen LogP contribution in [0.15, 0.2) is 0 Å². The predicted molar refractivity (Wildman–Crippen MR) is 61.8 cm³/mol. The van der Waals surface area contributed by atoms with Gasteiger partial charge in [0.2, 0.25) is 0 Å². The van der Waals surface area contributed by atoms with Gasteiger partial charge in [0.15, 0.2) is 0 Å². The molecule has 3 atom stereocenters. The second kappa shape index (κ2) is 7.20. The Hall–Kier alpha value is -0.120. The van der Waals surface area contributed by atoms with Crippen molar-refractivity contribution in [3.63, 3.8) is 0 Å². The van der Waals surface area contributed by atoms with Crippen LogP contribution in [0.25, 0.3) is 0 Å². The van der Waals surface area contributed by atoms with Crippen LogP contribution < -0.4 is 5.73 Å². The highest BCUT2D eigenvalue weighted by atomic mass is 16.5. The molecule has 0 spiro atoms. The Morgan fingerprint density at radius 3 is 2.73 bits per heavy atom. The van der Waals surface area contributed by atoms with Crippen molar-refractivity contribution < 1.29 is 9.47 Å². The lowest BCUT2D eigenvalue weighted by Gasteiger charge is -2.32. The number of hydrogen-bond donors (Lipinski definition) is 1. The molecule has 0 aromatic heterocycles. The fourth-order valence-corrected chi connectivity index (χ4v) is 2.27. The highest BCUT2D eigenvalue weighted by molar-refractivity contribution is 4.77. The zero-order valence-corrected chi connectivity index (χ0v) is 10.1. The summed E-state index contributed by atoms with van der Waals surface area (Å²) in [5.41, 5.74) is 5.76. The van der Waals surface area contributed by atoms with Crippen LogP contribution in [-0.4, -0.2) is 32.5 Å². The summed E-state index contributed by atoms with van der Waals surface area (Å²) in [4.78, 5) is 0. The Morgan fingerprint density at radius 2 is 2.07 bits per heavy atom. The lowest BCUT2D eigenvalue weighted by Crippen LogP contribution is -2.35. The van der Waals surface area contributed by atoms with Crippen LogP contribution in [0.2, 0.25) is 0 Å². The van der Waals surface area contributed by atoms with Gasteiger partial charge in [0, 0.05) is 13.7 Å². The first-order valence-electron chi connectivity index (χ1n) is 6.12. The molecule has 1 saturated carbocycles. The fraction of sp³-hybridized carbons (Fsp3) is 1.00. The first kappa shape index (κ1) is 12.9. The second-order valence-corrected chi connectivity index (χ2v) is 4.55. The van der Waals surface area contributed by atoms with Crippen molar-refractivity contribution in [2.45, 2.75) is 51.2 Å². The van der Waals surface area contributed by atoms with E-state index < -0.39 is 0 Å². The summed E-state index contributed by atoms with van der Waals surface area (Å²) >= 11 is 0. The number of hydrogen-bond acceptors (Lipinski definition) is 3. The largest absolute Gasteiger partial charge is 0.385 e. The van der Waals surface area contributed by atoms with Gasteiger partial charge in [-0.15, -0.1) is 0 Å². The third-order valence-corrected chi connectivity index (χ3v) is 3.28. The minimum atomic E-state index is 0.294. The minimum absolute atomic E-state index is 0.294. The molecule has 0 radical (unpaired) electrons. The summed E-state index contributed by atoms with van der Waals surface area (Å²) in [7, 11) is 1.73. The lowest BCUT2D eigenvalue weighted by molar-refractivity contribution is -0.0588. The van der Waals surface area contributed by atoms with Crippen molar-refractivity contribution in [3.8, 4) is 0 Å². The lowest BCUT2D eigenvalue weighted by atomic mass is 9.86. The number of nitrogens with two attached hydrogens (primary N) is 1. The van der Waals surface area contributed by atoms with E-state index in [9.17, 15) is 0 Å². The number of ether oxygens (including phenoxy) is 2. The third-order valence-electron chi connectivity index (χ3n) is 3.28. The van der Waals surface area contributed by atoms with E-state index in [0.717, 1.165) is 19.6 Å². The monoisotopic (exact) mass is 215 g/mol. The van der Waals surface area contributed by atoms with Crippen molar-refractivity contribution in [2.24, 2.45) is 11.7 Å². The molecule has 1 rings (SSSR count). The molecule has 0 aromatic rings. The average molecular weight is 215 g/mol. The Kier molecular flexibility index (Phi) is 6.22. The van der Waals surface area contributed by atoms with E-state index >= 15 is 0 Å². The maximum atomic E-state index is 6.04. The molecule has 0 bridgehead atoms. The van der Waals surface area contributed by atoms with E-state index in [1.165, 1.54) is 25.7 Å². The van der Waals surface area contributed by atoms with E-state index in [-0.39, 0.29) is 0 Å². The third kappa shape index (κ3) is 4.49. The molecule has 3 nitrogen and oxygen atoms in total. The zero-order valence-electron chi connectivity index (χ0n) is 10.1. The summed E-state index contributed by atoms with van der Waals surface area (Å²) in [6.45, 7) is 3.67. The maximum absolute atomic E-state index is 6.04. The van der Waals surface area contributed by atoms with Gasteiger partial charge in [-0.25, -0.2) is 0 Å². The molecule has 0 aromatic carbocycles. The highest BCUT2D eigenvalue weighted by Gasteiger charge is 2.25. The van der Waals surface area contributed by atoms with E-state index in [1.54, 1.807) is 7.11 Å². The van der Waals surface area contributed by atoms with Crippen LogP contribution in [0, 0.1) is 5.92 Å². The normalized spacial score (nSPS) is 29.0. The summed E-state index contributed by atoms with van der Waals surface area (Å²) < 4.78 is 11.1. The van der Waals surface area contributed by atoms with Crippen LogP contribution in [-0.2, 0) is 9.47 Å². The summed E-state index contributed by atoms with van der Waals surface area (Å²) in [6, 6.07) is 0. The van der Waals surface area contributed by atoms with Crippen LogP contribution >= 0.6 is 0 Å². The standard InChI is InChI=1S/C12H25NO2/c1-10(7-8-14-2)15-12-6-4-3-5-11(12)9-13/h10-12H,3-9,13H2,1-2H3. The maximum Gasteiger partial charge on any atom is 0.0619 e. The molecular weight excluding hydrogens is 190 g/mol. The Labute approximate surface area is 93.3 Å². The van der Waals surface area contributed by atoms with Crippen molar-refractivity contribution in [1.82, 2.24) is 0 Å². The molecule has 3 unspecified atom stereocenters. The summed E-state index contributed by atoms with van der Waals surface area (Å²) in [5.74, 6) is 0.573. The molecule has 15 heavy (non-hydrogen) atoms. The average Bonchev–Trinajstić information content (AvgIpc) is 2.27. The highest BCUT2D eigenvalue weighted by Crippen LogP contribution is 2.27. The van der Waals surface area contributed by atoms with Gasteiger partial charge in [-0.1, -0.05) is 12.8 Å². The van der Waals surface area contributed by atoms with E-state index in [1.807, 2.05) is 0 Å². The molecule has 1 aliphatic rings. The number of methoxy groups -OCH3 is 1. The van der Waals surface area contributed by atoms with Crippen LogP contribution in [0.3, 0.4) is 0 Å². The summed E-state index contributed by atoms with van der Waals surface area (Å²) in [5, 5.41) is 0. The Bertz CT molecular complexity index is 164. The molecular formula is C12H25NO2. The molecule has 3 heteroatoms. The van der Waals surface area contributed by atoms with Gasteiger partial charge in [0.1, 0.15) is 0 Å². The SMILES string of the molecule is COCCC(C)OC1CCCCC1CN. The van der Waals surface area contributed by atoms with Gasteiger partial charge in [-0.05, 0) is 38.6 Å². The van der Waals surface area contributed by atoms with E-state index in [2.05, 4.69) is 6.92 Å². The van der Waals surface area contributed by atoms with Crippen molar-refractivity contribution in [2.75, 3.05) is 20.3 Å². The van der Waals surface area contributed by atoms with Crippen LogP contribution in [0.1, 0.15) is 39.0 Å². The smallest absolute Gasteiger partial charge is 0.0619 e. The second-order valence-electron chi connectivity index (χ2n) is 4.55.